The number of anilines is 1. The van der Waals surface area contributed by atoms with Gasteiger partial charge in [0.1, 0.15) is 11.6 Å². The molecule has 3 aromatic heterocycles. The Morgan fingerprint density at radius 1 is 0.970 bits per heavy atom. The van der Waals surface area contributed by atoms with Gasteiger partial charge in [-0.3, -0.25) is 4.79 Å². The van der Waals surface area contributed by atoms with Gasteiger partial charge >= 0.3 is 0 Å². The maximum absolute atomic E-state index is 13.8. The van der Waals surface area contributed by atoms with Crippen LogP contribution < -0.4 is 10.6 Å². The normalized spacial score (nSPS) is 11.2. The first-order valence-corrected chi connectivity index (χ1v) is 10.7. The number of nitrogens with zero attached hydrogens (tertiary/aromatic N) is 4. The summed E-state index contributed by atoms with van der Waals surface area (Å²) in [5.74, 6) is 0.306. The Hall–Kier alpha value is -4.27. The monoisotopic (exact) mass is 443 g/mol. The Balaban J connectivity index is 1.20. The maximum Gasteiger partial charge on any atom is 0.254 e. The van der Waals surface area contributed by atoms with E-state index < -0.39 is 11.7 Å². The number of nitrogens with one attached hydrogen (secondary N) is 3. The van der Waals surface area contributed by atoms with Crippen LogP contribution >= 0.6 is 0 Å². The van der Waals surface area contributed by atoms with Gasteiger partial charge in [0, 0.05) is 36.6 Å². The molecule has 9 heteroatoms. The summed E-state index contributed by atoms with van der Waals surface area (Å²) in [6.45, 7) is 1.00. The second-order valence-electron chi connectivity index (χ2n) is 7.63. The number of halogens is 1. The molecule has 5 aromatic rings. The molecule has 5 rings (SSSR count). The summed E-state index contributed by atoms with van der Waals surface area (Å²) in [5, 5.41) is 20.2. The van der Waals surface area contributed by atoms with E-state index in [4.69, 9.17) is 0 Å². The molecule has 33 heavy (non-hydrogen) atoms. The van der Waals surface area contributed by atoms with Crippen molar-refractivity contribution in [3.63, 3.8) is 0 Å². The van der Waals surface area contributed by atoms with Crippen molar-refractivity contribution >= 4 is 28.3 Å². The molecule has 0 bridgehead atoms. The Morgan fingerprint density at radius 3 is 2.73 bits per heavy atom. The Labute approximate surface area is 188 Å². The van der Waals surface area contributed by atoms with E-state index in [-0.39, 0.29) is 12.1 Å². The van der Waals surface area contributed by atoms with Crippen molar-refractivity contribution in [2.75, 3.05) is 18.4 Å². The molecule has 0 atom stereocenters. The average Bonchev–Trinajstić information content (AvgIpc) is 3.43. The molecule has 0 aliphatic rings. The first-order valence-electron chi connectivity index (χ1n) is 10.7. The lowest BCUT2D eigenvalue weighted by molar-refractivity contribution is 0.0950. The van der Waals surface area contributed by atoms with Crippen LogP contribution in [-0.2, 0) is 12.8 Å². The average molecular weight is 443 g/mol. The van der Waals surface area contributed by atoms with Crippen molar-refractivity contribution in [3.05, 3.63) is 89.6 Å². The third-order valence-corrected chi connectivity index (χ3v) is 5.46. The number of hydrogen-bond donors (Lipinski definition) is 3. The lowest BCUT2D eigenvalue weighted by Crippen LogP contribution is -2.27. The summed E-state index contributed by atoms with van der Waals surface area (Å²) in [6.07, 6.45) is 3.30. The number of fused-ring (bicyclic) bond motifs is 2. The molecule has 3 heterocycles. The van der Waals surface area contributed by atoms with Crippen LogP contribution in [0.1, 0.15) is 21.7 Å². The second-order valence-corrected chi connectivity index (χ2v) is 7.63. The highest BCUT2D eigenvalue weighted by Crippen LogP contribution is 2.18. The van der Waals surface area contributed by atoms with Gasteiger partial charge in [-0.1, -0.05) is 30.3 Å². The second kappa shape index (κ2) is 9.07. The molecular formula is C24H22FN7O. The van der Waals surface area contributed by atoms with Gasteiger partial charge in [0.2, 0.25) is 0 Å². The van der Waals surface area contributed by atoms with Crippen LogP contribution in [0, 0.1) is 5.82 Å². The van der Waals surface area contributed by atoms with E-state index >= 15 is 0 Å². The molecule has 0 fully saturated rings. The number of carbonyl (C=O) groups excluding carboxylic acids is 1. The zero-order chi connectivity index (χ0) is 22.6. The van der Waals surface area contributed by atoms with Gasteiger partial charge in [-0.2, -0.15) is 4.52 Å². The summed E-state index contributed by atoms with van der Waals surface area (Å²) >= 11 is 0. The number of rotatable bonds is 8. The number of hydrogen-bond acceptors (Lipinski definition) is 5. The van der Waals surface area contributed by atoms with E-state index in [1.807, 2.05) is 30.5 Å². The van der Waals surface area contributed by atoms with Crippen molar-refractivity contribution in [1.29, 1.82) is 0 Å². The fraction of sp³-hybridized carbons (Fsp3) is 0.167. The number of aromatic nitrogens is 5. The smallest absolute Gasteiger partial charge is 0.254 e. The number of para-hydroxylation sites is 1. The highest BCUT2D eigenvalue weighted by Gasteiger charge is 2.12. The van der Waals surface area contributed by atoms with Gasteiger partial charge in [-0.05, 0) is 42.3 Å². The van der Waals surface area contributed by atoms with Gasteiger partial charge in [0.15, 0.2) is 11.5 Å². The van der Waals surface area contributed by atoms with Gasteiger partial charge in [0.05, 0.1) is 5.56 Å². The third kappa shape index (κ3) is 4.38. The van der Waals surface area contributed by atoms with Crippen molar-refractivity contribution in [3.8, 4) is 0 Å². The highest BCUT2D eigenvalue weighted by molar-refractivity contribution is 5.94. The van der Waals surface area contributed by atoms with Crippen LogP contribution in [0.3, 0.4) is 0 Å². The number of carbonyl (C=O) groups is 1. The number of aromatic amines is 1. The quantitative estimate of drug-likeness (QED) is 0.341. The molecule has 0 aliphatic heterocycles. The fourth-order valence-electron chi connectivity index (χ4n) is 3.78. The summed E-state index contributed by atoms with van der Waals surface area (Å²) < 4.78 is 15.4. The summed E-state index contributed by atoms with van der Waals surface area (Å²) in [5.41, 5.74) is 3.01. The minimum atomic E-state index is -0.548. The molecule has 0 unspecified atom stereocenters. The lowest BCUT2D eigenvalue weighted by Gasteiger charge is -2.07. The first-order chi connectivity index (χ1) is 16.2. The van der Waals surface area contributed by atoms with E-state index in [1.165, 1.54) is 23.1 Å². The molecule has 2 aromatic carbocycles. The fourth-order valence-corrected chi connectivity index (χ4v) is 3.78. The van der Waals surface area contributed by atoms with Crippen LogP contribution in [-0.4, -0.2) is 43.8 Å². The van der Waals surface area contributed by atoms with Gasteiger partial charge in [-0.15, -0.1) is 15.3 Å². The zero-order valence-corrected chi connectivity index (χ0v) is 17.8. The van der Waals surface area contributed by atoms with Crippen LogP contribution in [0.2, 0.25) is 0 Å². The maximum atomic E-state index is 13.8. The van der Waals surface area contributed by atoms with E-state index in [0.29, 0.717) is 23.7 Å². The van der Waals surface area contributed by atoms with Crippen LogP contribution in [0.5, 0.6) is 0 Å². The molecule has 1 amide bonds. The number of benzene rings is 2. The van der Waals surface area contributed by atoms with E-state index in [2.05, 4.69) is 43.0 Å². The molecule has 0 spiro atoms. The largest absolute Gasteiger partial charge is 0.368 e. The van der Waals surface area contributed by atoms with Crippen LogP contribution in [0.25, 0.3) is 16.6 Å². The minimum absolute atomic E-state index is 0.0170. The molecule has 3 N–H and O–H groups in total. The van der Waals surface area contributed by atoms with E-state index in [1.54, 1.807) is 16.6 Å². The third-order valence-electron chi connectivity index (χ3n) is 5.46. The van der Waals surface area contributed by atoms with Gasteiger partial charge in [-0.25, -0.2) is 4.39 Å². The number of amides is 1. The van der Waals surface area contributed by atoms with Crippen molar-refractivity contribution < 1.29 is 9.18 Å². The van der Waals surface area contributed by atoms with E-state index in [9.17, 15) is 9.18 Å². The predicted molar refractivity (Wildman–Crippen MR) is 124 cm³/mol. The lowest BCUT2D eigenvalue weighted by atomic mass is 10.1. The predicted octanol–water partition coefficient (Wildman–Crippen LogP) is 3.37. The minimum Gasteiger partial charge on any atom is -0.368 e. The zero-order valence-electron chi connectivity index (χ0n) is 17.8. The van der Waals surface area contributed by atoms with Gasteiger partial charge in [0.25, 0.3) is 5.91 Å². The molecule has 0 saturated carbocycles. The van der Waals surface area contributed by atoms with Crippen LogP contribution in [0.15, 0.2) is 66.9 Å². The van der Waals surface area contributed by atoms with Crippen molar-refractivity contribution in [2.45, 2.75) is 12.8 Å². The highest BCUT2D eigenvalue weighted by atomic mass is 19.1. The van der Waals surface area contributed by atoms with E-state index in [0.717, 1.165) is 18.5 Å². The van der Waals surface area contributed by atoms with Crippen molar-refractivity contribution in [2.24, 2.45) is 0 Å². The van der Waals surface area contributed by atoms with Gasteiger partial charge < -0.3 is 15.6 Å². The standard InChI is InChI=1S/C24H22FN7O/c25-19-7-3-1-6-18(19)24(33)27-14-12-23-30-29-22-10-9-21(31-32(22)23)26-13-11-16-15-28-20-8-4-2-5-17(16)20/h1-10,15,28H,11-14H2,(H,26,31)(H,27,33). The molecule has 166 valence electrons. The Morgan fingerprint density at radius 2 is 1.82 bits per heavy atom. The summed E-state index contributed by atoms with van der Waals surface area (Å²) in [6, 6.07) is 17.8. The van der Waals surface area contributed by atoms with Crippen molar-refractivity contribution in [1.82, 2.24) is 30.1 Å². The molecule has 0 aliphatic carbocycles. The molecular weight excluding hydrogens is 421 g/mol. The Bertz CT molecular complexity index is 1420. The first kappa shape index (κ1) is 20.6. The summed E-state index contributed by atoms with van der Waals surface area (Å²) in [7, 11) is 0. The number of H-pyrrole nitrogens is 1. The summed E-state index contributed by atoms with van der Waals surface area (Å²) in [4.78, 5) is 15.5. The molecule has 8 nitrogen and oxygen atoms in total. The molecule has 0 saturated heterocycles. The molecule has 0 radical (unpaired) electrons. The SMILES string of the molecule is O=C(NCCc1nnc2ccc(NCCc3c[nH]c4ccccc34)nn12)c1ccccc1F. The Kier molecular flexibility index (Phi) is 5.67. The topological polar surface area (TPSA) is 100 Å². The van der Waals surface area contributed by atoms with Crippen LogP contribution in [0.4, 0.5) is 10.2 Å².